The Balaban J connectivity index is 1.63. The van der Waals surface area contributed by atoms with Crippen molar-refractivity contribution in [2.24, 2.45) is 5.92 Å². The summed E-state index contributed by atoms with van der Waals surface area (Å²) in [6.07, 6.45) is 6.75. The predicted molar refractivity (Wildman–Crippen MR) is 80.6 cm³/mol. The third-order valence-electron chi connectivity index (χ3n) is 4.04. The van der Waals surface area contributed by atoms with Crippen LogP contribution in [0.3, 0.4) is 0 Å². The zero-order valence-electron chi connectivity index (χ0n) is 12.8. The van der Waals surface area contributed by atoms with Crippen molar-refractivity contribution in [2.45, 2.75) is 32.9 Å². The first-order valence-electron chi connectivity index (χ1n) is 7.75. The van der Waals surface area contributed by atoms with Gasteiger partial charge in [0, 0.05) is 38.5 Å². The molecule has 1 aliphatic heterocycles. The molecule has 1 fully saturated rings. The Labute approximate surface area is 122 Å². The summed E-state index contributed by atoms with van der Waals surface area (Å²) in [6.45, 7) is 9.43. The van der Waals surface area contributed by atoms with Gasteiger partial charge >= 0.3 is 0 Å². The van der Waals surface area contributed by atoms with Crippen LogP contribution in [-0.4, -0.2) is 54.6 Å². The van der Waals surface area contributed by atoms with Crippen molar-refractivity contribution in [3.8, 4) is 0 Å². The lowest BCUT2D eigenvalue weighted by Gasteiger charge is -2.31. The van der Waals surface area contributed by atoms with E-state index in [0.29, 0.717) is 0 Å². The molecule has 0 bridgehead atoms. The van der Waals surface area contributed by atoms with Crippen LogP contribution in [0.15, 0.2) is 12.4 Å². The molecule has 0 unspecified atom stereocenters. The topological polar surface area (TPSA) is 42.3 Å². The highest BCUT2D eigenvalue weighted by Gasteiger charge is 2.19. The Morgan fingerprint density at radius 3 is 2.85 bits per heavy atom. The minimum absolute atomic E-state index is 0.806. The van der Waals surface area contributed by atoms with E-state index in [-0.39, 0.29) is 0 Å². The van der Waals surface area contributed by atoms with Crippen LogP contribution in [0.5, 0.6) is 0 Å². The molecule has 0 atom stereocenters. The molecule has 5 nitrogen and oxygen atoms in total. The fourth-order valence-corrected chi connectivity index (χ4v) is 2.75. The van der Waals surface area contributed by atoms with Crippen LogP contribution in [0.1, 0.15) is 25.3 Å². The molecule has 0 aromatic carbocycles. The lowest BCUT2D eigenvalue weighted by Crippen LogP contribution is -2.37. The molecule has 0 spiro atoms. The molecule has 2 heterocycles. The number of ether oxygens (including phenoxy) is 1. The van der Waals surface area contributed by atoms with Gasteiger partial charge in [-0.2, -0.15) is 5.10 Å². The first kappa shape index (κ1) is 15.5. The van der Waals surface area contributed by atoms with Gasteiger partial charge in [-0.1, -0.05) is 0 Å². The maximum atomic E-state index is 5.05. The van der Waals surface area contributed by atoms with Crippen LogP contribution < -0.4 is 5.32 Å². The third kappa shape index (κ3) is 4.89. The Morgan fingerprint density at radius 1 is 1.40 bits per heavy atom. The highest BCUT2D eigenvalue weighted by Crippen LogP contribution is 2.18. The number of likely N-dealkylation sites (tertiary alicyclic amines) is 1. The van der Waals surface area contributed by atoms with Crippen molar-refractivity contribution in [1.82, 2.24) is 20.0 Å². The normalized spacial score (nSPS) is 17.7. The summed E-state index contributed by atoms with van der Waals surface area (Å²) in [5.41, 5.74) is 1.34. The van der Waals surface area contributed by atoms with Gasteiger partial charge in [0.25, 0.3) is 0 Å². The van der Waals surface area contributed by atoms with Crippen LogP contribution >= 0.6 is 0 Å². The number of aryl methyl sites for hydroxylation is 1. The van der Waals surface area contributed by atoms with Crippen LogP contribution in [0.25, 0.3) is 0 Å². The highest BCUT2D eigenvalue weighted by molar-refractivity contribution is 5.03. The lowest BCUT2D eigenvalue weighted by molar-refractivity contribution is 0.168. The van der Waals surface area contributed by atoms with Gasteiger partial charge in [0.2, 0.25) is 0 Å². The molecular formula is C15H28N4O. The molecule has 0 radical (unpaired) electrons. The molecule has 1 aliphatic rings. The van der Waals surface area contributed by atoms with Gasteiger partial charge in [-0.3, -0.25) is 9.58 Å². The standard InChI is InChI=1S/C15H28N4O/c1-3-19-13-15(11-17-19)12-18-7-4-14(5-8-18)10-16-6-9-20-2/h11,13-14,16H,3-10,12H2,1-2H3. The van der Waals surface area contributed by atoms with Gasteiger partial charge in [0.15, 0.2) is 0 Å². The van der Waals surface area contributed by atoms with Crippen LogP contribution in [0, 0.1) is 5.92 Å². The first-order valence-corrected chi connectivity index (χ1v) is 7.75. The summed E-state index contributed by atoms with van der Waals surface area (Å²) < 4.78 is 7.05. The van der Waals surface area contributed by atoms with E-state index in [1.54, 1.807) is 7.11 Å². The number of nitrogens with zero attached hydrogens (tertiary/aromatic N) is 3. The number of methoxy groups -OCH3 is 1. The van der Waals surface area contributed by atoms with Gasteiger partial charge in [-0.25, -0.2) is 0 Å². The van der Waals surface area contributed by atoms with Crippen molar-refractivity contribution < 1.29 is 4.74 Å². The fraction of sp³-hybridized carbons (Fsp3) is 0.800. The number of piperidine rings is 1. The maximum absolute atomic E-state index is 5.05. The average molecular weight is 280 g/mol. The van der Waals surface area contributed by atoms with Crippen molar-refractivity contribution in [3.05, 3.63) is 18.0 Å². The smallest absolute Gasteiger partial charge is 0.0587 e. The van der Waals surface area contributed by atoms with Crippen molar-refractivity contribution in [2.75, 3.05) is 39.9 Å². The lowest BCUT2D eigenvalue weighted by atomic mass is 9.96. The SMILES string of the molecule is CCn1cc(CN2CCC(CNCCOC)CC2)cn1. The largest absolute Gasteiger partial charge is 0.383 e. The summed E-state index contributed by atoms with van der Waals surface area (Å²) in [7, 11) is 1.75. The Hall–Kier alpha value is -0.910. The summed E-state index contributed by atoms with van der Waals surface area (Å²) in [4.78, 5) is 2.54. The quantitative estimate of drug-likeness (QED) is 0.730. The molecule has 20 heavy (non-hydrogen) atoms. The molecule has 5 heteroatoms. The fourth-order valence-electron chi connectivity index (χ4n) is 2.75. The number of nitrogens with one attached hydrogen (secondary N) is 1. The Bertz CT molecular complexity index is 372. The monoisotopic (exact) mass is 280 g/mol. The molecule has 1 N–H and O–H groups in total. The second kappa shape index (κ2) is 8.39. The minimum Gasteiger partial charge on any atom is -0.383 e. The molecule has 0 amide bonds. The number of aromatic nitrogens is 2. The number of hydrogen-bond acceptors (Lipinski definition) is 4. The van der Waals surface area contributed by atoms with E-state index >= 15 is 0 Å². The summed E-state index contributed by atoms with van der Waals surface area (Å²) in [5, 5.41) is 7.82. The van der Waals surface area contributed by atoms with Gasteiger partial charge in [0.1, 0.15) is 0 Å². The van der Waals surface area contributed by atoms with Crippen LogP contribution in [0.2, 0.25) is 0 Å². The van der Waals surface area contributed by atoms with Crippen molar-refractivity contribution in [1.29, 1.82) is 0 Å². The predicted octanol–water partition coefficient (Wildman–Crippen LogP) is 1.35. The second-order valence-electron chi connectivity index (χ2n) is 5.62. The van der Waals surface area contributed by atoms with Crippen LogP contribution in [-0.2, 0) is 17.8 Å². The van der Waals surface area contributed by atoms with Gasteiger partial charge in [-0.05, 0) is 45.3 Å². The van der Waals surface area contributed by atoms with E-state index in [2.05, 4.69) is 28.4 Å². The van der Waals surface area contributed by atoms with E-state index in [4.69, 9.17) is 4.74 Å². The van der Waals surface area contributed by atoms with Gasteiger partial charge in [0.05, 0.1) is 12.8 Å². The van der Waals surface area contributed by atoms with Crippen molar-refractivity contribution >= 4 is 0 Å². The van der Waals surface area contributed by atoms with Crippen molar-refractivity contribution in [3.63, 3.8) is 0 Å². The molecular weight excluding hydrogens is 252 g/mol. The highest BCUT2D eigenvalue weighted by atomic mass is 16.5. The van der Waals surface area contributed by atoms with E-state index in [1.165, 1.54) is 31.5 Å². The summed E-state index contributed by atoms with van der Waals surface area (Å²) in [6, 6.07) is 0. The zero-order valence-corrected chi connectivity index (χ0v) is 12.8. The number of hydrogen-bond donors (Lipinski definition) is 1. The molecule has 1 saturated heterocycles. The van der Waals surface area contributed by atoms with E-state index in [0.717, 1.165) is 38.7 Å². The molecule has 114 valence electrons. The Kier molecular flexibility index (Phi) is 6.50. The third-order valence-corrected chi connectivity index (χ3v) is 4.04. The summed E-state index contributed by atoms with van der Waals surface area (Å²) >= 11 is 0. The van der Waals surface area contributed by atoms with Gasteiger partial charge < -0.3 is 10.1 Å². The van der Waals surface area contributed by atoms with E-state index < -0.39 is 0 Å². The van der Waals surface area contributed by atoms with E-state index in [1.807, 2.05) is 10.9 Å². The minimum atomic E-state index is 0.806. The second-order valence-corrected chi connectivity index (χ2v) is 5.62. The Morgan fingerprint density at radius 2 is 2.20 bits per heavy atom. The summed E-state index contributed by atoms with van der Waals surface area (Å²) in [5.74, 6) is 0.821. The zero-order chi connectivity index (χ0) is 14.2. The van der Waals surface area contributed by atoms with Gasteiger partial charge in [-0.15, -0.1) is 0 Å². The molecule has 0 aliphatic carbocycles. The first-order chi connectivity index (χ1) is 9.81. The average Bonchev–Trinajstić information content (AvgIpc) is 2.93. The van der Waals surface area contributed by atoms with E-state index in [9.17, 15) is 0 Å². The molecule has 1 aromatic heterocycles. The molecule has 2 rings (SSSR count). The molecule has 0 saturated carbocycles. The number of rotatable bonds is 8. The maximum Gasteiger partial charge on any atom is 0.0587 e. The van der Waals surface area contributed by atoms with Crippen LogP contribution in [0.4, 0.5) is 0 Å². The molecule has 1 aromatic rings.